The zero-order chi connectivity index (χ0) is 13.0. The van der Waals surface area contributed by atoms with Gasteiger partial charge in [-0.3, -0.25) is 4.79 Å². The highest BCUT2D eigenvalue weighted by Crippen LogP contribution is 2.24. The number of rotatable bonds is 5. The summed E-state index contributed by atoms with van der Waals surface area (Å²) in [7, 11) is 0. The molecule has 1 aromatic carbocycles. The average Bonchev–Trinajstić information content (AvgIpc) is 2.84. The van der Waals surface area contributed by atoms with Crippen LogP contribution in [0.15, 0.2) is 24.3 Å². The Morgan fingerprint density at radius 1 is 1.33 bits per heavy atom. The van der Waals surface area contributed by atoms with Crippen LogP contribution >= 0.6 is 0 Å². The number of carboxylic acid groups (broad SMARTS) is 1. The predicted octanol–water partition coefficient (Wildman–Crippen LogP) is 1.96. The van der Waals surface area contributed by atoms with Crippen molar-refractivity contribution >= 4 is 5.97 Å². The van der Waals surface area contributed by atoms with Crippen LogP contribution < -0.4 is 10.5 Å². The maximum Gasteiger partial charge on any atom is 0.320 e. The van der Waals surface area contributed by atoms with Gasteiger partial charge < -0.3 is 15.6 Å². The fourth-order valence-electron chi connectivity index (χ4n) is 2.24. The molecule has 98 valence electrons. The van der Waals surface area contributed by atoms with Gasteiger partial charge in [0, 0.05) is 0 Å². The molecular weight excluding hydrogens is 230 g/mol. The van der Waals surface area contributed by atoms with Crippen LogP contribution in [-0.2, 0) is 11.2 Å². The van der Waals surface area contributed by atoms with Gasteiger partial charge in [0.15, 0.2) is 0 Å². The van der Waals surface area contributed by atoms with Gasteiger partial charge in [0.25, 0.3) is 0 Å². The molecule has 1 atom stereocenters. The number of nitrogens with two attached hydrogens (primary N) is 1. The normalized spacial score (nSPS) is 17.6. The average molecular weight is 249 g/mol. The van der Waals surface area contributed by atoms with Crippen LogP contribution in [0.3, 0.4) is 0 Å². The van der Waals surface area contributed by atoms with Crippen LogP contribution in [0.5, 0.6) is 5.75 Å². The third-order valence-electron chi connectivity index (χ3n) is 3.30. The summed E-state index contributed by atoms with van der Waals surface area (Å²) in [5.74, 6) is -0.115. The SMILES string of the molecule is NC(Cc1ccc(OC2CCCC2)cc1)C(=O)O. The molecule has 18 heavy (non-hydrogen) atoms. The minimum Gasteiger partial charge on any atom is -0.490 e. The highest BCUT2D eigenvalue weighted by atomic mass is 16.5. The molecule has 1 saturated carbocycles. The topological polar surface area (TPSA) is 72.5 Å². The lowest BCUT2D eigenvalue weighted by atomic mass is 10.1. The second-order valence-electron chi connectivity index (χ2n) is 4.82. The van der Waals surface area contributed by atoms with Crippen molar-refractivity contribution in [1.82, 2.24) is 0 Å². The van der Waals surface area contributed by atoms with Crippen LogP contribution in [0.4, 0.5) is 0 Å². The first-order valence-electron chi connectivity index (χ1n) is 6.39. The monoisotopic (exact) mass is 249 g/mol. The molecular formula is C14H19NO3. The lowest BCUT2D eigenvalue weighted by molar-refractivity contribution is -0.138. The van der Waals surface area contributed by atoms with Crippen molar-refractivity contribution < 1.29 is 14.6 Å². The minimum absolute atomic E-state index is 0.345. The van der Waals surface area contributed by atoms with E-state index in [1.54, 1.807) is 0 Å². The quantitative estimate of drug-likeness (QED) is 0.836. The van der Waals surface area contributed by atoms with Crippen molar-refractivity contribution in [3.8, 4) is 5.75 Å². The van der Waals surface area contributed by atoms with Crippen LogP contribution in [0.2, 0.25) is 0 Å². The van der Waals surface area contributed by atoms with Gasteiger partial charge >= 0.3 is 5.97 Å². The van der Waals surface area contributed by atoms with Crippen molar-refractivity contribution in [1.29, 1.82) is 0 Å². The third-order valence-corrected chi connectivity index (χ3v) is 3.30. The van der Waals surface area contributed by atoms with E-state index in [0.717, 1.165) is 24.2 Å². The smallest absolute Gasteiger partial charge is 0.320 e. The molecule has 1 aliphatic carbocycles. The van der Waals surface area contributed by atoms with Crippen LogP contribution in [0.1, 0.15) is 31.2 Å². The Hall–Kier alpha value is -1.55. The van der Waals surface area contributed by atoms with Crippen LogP contribution in [0.25, 0.3) is 0 Å². The molecule has 1 unspecified atom stereocenters. The van der Waals surface area contributed by atoms with E-state index in [9.17, 15) is 4.79 Å². The second-order valence-corrected chi connectivity index (χ2v) is 4.82. The Bertz CT molecular complexity index is 396. The number of hydrogen-bond donors (Lipinski definition) is 2. The number of carbonyl (C=O) groups is 1. The highest BCUT2D eigenvalue weighted by Gasteiger charge is 2.16. The standard InChI is InChI=1S/C14H19NO3/c15-13(14(16)17)9-10-5-7-12(8-6-10)18-11-3-1-2-4-11/h5-8,11,13H,1-4,9,15H2,(H,16,17). The zero-order valence-electron chi connectivity index (χ0n) is 10.3. The lowest BCUT2D eigenvalue weighted by Gasteiger charge is -2.13. The fraction of sp³-hybridized carbons (Fsp3) is 0.500. The van der Waals surface area contributed by atoms with Gasteiger partial charge in [-0.15, -0.1) is 0 Å². The molecule has 0 radical (unpaired) electrons. The van der Waals surface area contributed by atoms with Crippen LogP contribution in [0, 0.1) is 0 Å². The molecule has 0 saturated heterocycles. The molecule has 2 rings (SSSR count). The molecule has 4 heteroatoms. The molecule has 0 heterocycles. The molecule has 1 fully saturated rings. The summed E-state index contributed by atoms with van der Waals surface area (Å²) < 4.78 is 5.84. The van der Waals surface area contributed by atoms with E-state index in [2.05, 4.69) is 0 Å². The van der Waals surface area contributed by atoms with Gasteiger partial charge in [-0.05, 0) is 49.8 Å². The molecule has 0 bridgehead atoms. The summed E-state index contributed by atoms with van der Waals surface area (Å²) in [4.78, 5) is 10.7. The molecule has 1 aliphatic rings. The molecule has 0 aliphatic heterocycles. The Labute approximate surface area is 107 Å². The van der Waals surface area contributed by atoms with Gasteiger partial charge in [0.05, 0.1) is 6.10 Å². The van der Waals surface area contributed by atoms with Gasteiger partial charge in [0.1, 0.15) is 11.8 Å². The molecule has 1 aromatic rings. The van der Waals surface area contributed by atoms with E-state index < -0.39 is 12.0 Å². The van der Waals surface area contributed by atoms with Gasteiger partial charge in [-0.25, -0.2) is 0 Å². The molecule has 0 amide bonds. The maximum absolute atomic E-state index is 10.7. The van der Waals surface area contributed by atoms with E-state index in [4.69, 9.17) is 15.6 Å². The number of hydrogen-bond acceptors (Lipinski definition) is 3. The van der Waals surface area contributed by atoms with Gasteiger partial charge in [0.2, 0.25) is 0 Å². The summed E-state index contributed by atoms with van der Waals surface area (Å²) >= 11 is 0. The number of ether oxygens (including phenoxy) is 1. The van der Waals surface area contributed by atoms with Gasteiger partial charge in [-0.2, -0.15) is 0 Å². The zero-order valence-corrected chi connectivity index (χ0v) is 10.3. The van der Waals surface area contributed by atoms with E-state index >= 15 is 0 Å². The van der Waals surface area contributed by atoms with E-state index in [0.29, 0.717) is 12.5 Å². The largest absolute Gasteiger partial charge is 0.490 e. The second kappa shape index (κ2) is 5.87. The summed E-state index contributed by atoms with van der Waals surface area (Å²) in [6.07, 6.45) is 5.44. The van der Waals surface area contributed by atoms with Crippen molar-refractivity contribution in [3.05, 3.63) is 29.8 Å². The molecule has 0 spiro atoms. The van der Waals surface area contributed by atoms with E-state index in [1.807, 2.05) is 24.3 Å². The summed E-state index contributed by atoms with van der Waals surface area (Å²) in [6, 6.07) is 6.71. The lowest BCUT2D eigenvalue weighted by Crippen LogP contribution is -2.32. The van der Waals surface area contributed by atoms with Crippen molar-refractivity contribution in [2.75, 3.05) is 0 Å². The number of carboxylic acids is 1. The Balaban J connectivity index is 1.90. The van der Waals surface area contributed by atoms with E-state index in [-0.39, 0.29) is 0 Å². The first kappa shape index (κ1) is 12.9. The number of aliphatic carboxylic acids is 1. The summed E-state index contributed by atoms with van der Waals surface area (Å²) in [6.45, 7) is 0. The first-order valence-corrected chi connectivity index (χ1v) is 6.39. The highest BCUT2D eigenvalue weighted by molar-refractivity contribution is 5.73. The Morgan fingerprint density at radius 3 is 2.50 bits per heavy atom. The predicted molar refractivity (Wildman–Crippen MR) is 68.6 cm³/mol. The Morgan fingerprint density at radius 2 is 1.94 bits per heavy atom. The van der Waals surface area contributed by atoms with Crippen molar-refractivity contribution in [2.45, 2.75) is 44.2 Å². The Kier molecular flexibility index (Phi) is 4.20. The molecule has 4 nitrogen and oxygen atoms in total. The maximum atomic E-state index is 10.7. The van der Waals surface area contributed by atoms with Crippen molar-refractivity contribution in [2.24, 2.45) is 5.73 Å². The first-order chi connectivity index (χ1) is 8.65. The van der Waals surface area contributed by atoms with Crippen molar-refractivity contribution in [3.63, 3.8) is 0 Å². The minimum atomic E-state index is -0.971. The summed E-state index contributed by atoms with van der Waals surface area (Å²) in [5.41, 5.74) is 6.41. The number of benzene rings is 1. The molecule has 3 N–H and O–H groups in total. The molecule has 0 aromatic heterocycles. The fourth-order valence-corrected chi connectivity index (χ4v) is 2.24. The van der Waals surface area contributed by atoms with Gasteiger partial charge in [-0.1, -0.05) is 12.1 Å². The van der Waals surface area contributed by atoms with E-state index in [1.165, 1.54) is 12.8 Å². The third kappa shape index (κ3) is 3.47. The summed E-state index contributed by atoms with van der Waals surface area (Å²) in [5, 5.41) is 8.74. The van der Waals surface area contributed by atoms with Crippen LogP contribution in [-0.4, -0.2) is 23.2 Å².